The quantitative estimate of drug-likeness (QED) is 0.352. The first kappa shape index (κ1) is 23.3. The maximum atomic E-state index is 12.3. The summed E-state index contributed by atoms with van der Waals surface area (Å²) in [6.07, 6.45) is 9.64. The van der Waals surface area contributed by atoms with Crippen LogP contribution >= 0.6 is 24.0 Å². The van der Waals surface area contributed by atoms with Crippen LogP contribution in [0.25, 0.3) is 0 Å². The third-order valence-electron chi connectivity index (χ3n) is 6.73. The van der Waals surface area contributed by atoms with Crippen LogP contribution in [0.3, 0.4) is 0 Å². The molecule has 1 aliphatic carbocycles. The molecule has 2 heterocycles. The minimum absolute atomic E-state index is 0. The zero-order valence-electron chi connectivity index (χ0n) is 18.0. The number of carbonyl (C=O) groups excluding carboxylic acids is 1. The van der Waals surface area contributed by atoms with Crippen LogP contribution in [0.1, 0.15) is 56.9 Å². The third kappa shape index (κ3) is 5.66. The molecular weight excluding hydrogens is 491 g/mol. The molecule has 1 saturated carbocycles. The summed E-state index contributed by atoms with van der Waals surface area (Å²) in [5.74, 6) is 0.944. The Hall–Kier alpha value is -1.35. The molecule has 0 bridgehead atoms. The van der Waals surface area contributed by atoms with Gasteiger partial charge in [-0.05, 0) is 55.2 Å². The van der Waals surface area contributed by atoms with E-state index in [-0.39, 0.29) is 36.0 Å². The molecule has 2 saturated heterocycles. The molecule has 1 aromatic carbocycles. The highest BCUT2D eigenvalue weighted by molar-refractivity contribution is 14.0. The van der Waals surface area contributed by atoms with Gasteiger partial charge in [0, 0.05) is 39.0 Å². The predicted octanol–water partition coefficient (Wildman–Crippen LogP) is 4.15. The van der Waals surface area contributed by atoms with Crippen molar-refractivity contribution < 1.29 is 9.53 Å². The summed E-state index contributed by atoms with van der Waals surface area (Å²) in [6.45, 7) is 3.60. The first-order valence-corrected chi connectivity index (χ1v) is 11.1. The number of rotatable bonds is 4. The van der Waals surface area contributed by atoms with Crippen LogP contribution in [0.15, 0.2) is 29.3 Å². The fourth-order valence-electron chi connectivity index (χ4n) is 5.11. The Bertz CT molecular complexity index is 742. The van der Waals surface area contributed by atoms with Gasteiger partial charge < -0.3 is 20.3 Å². The number of likely N-dealkylation sites (tertiary alicyclic amines) is 1. The molecule has 1 aromatic rings. The van der Waals surface area contributed by atoms with E-state index >= 15 is 0 Å². The molecule has 0 aromatic heterocycles. The fourth-order valence-corrected chi connectivity index (χ4v) is 5.11. The van der Waals surface area contributed by atoms with E-state index in [1.54, 1.807) is 0 Å². The van der Waals surface area contributed by atoms with Gasteiger partial charge in [0.25, 0.3) is 5.91 Å². The number of ether oxygens (including phenoxy) is 1. The normalized spacial score (nSPS) is 23.3. The number of hydrogen-bond acceptors (Lipinski definition) is 3. The SMILES string of the molecule is CN=C(NCc1cccc(NC(=O)C2CCCO2)c1)N1CCC2(CCCCC2)C1.I. The van der Waals surface area contributed by atoms with Crippen molar-refractivity contribution >= 4 is 41.5 Å². The molecule has 1 amide bonds. The average Bonchev–Trinajstić information content (AvgIpc) is 3.41. The molecule has 3 fully saturated rings. The maximum absolute atomic E-state index is 12.3. The van der Waals surface area contributed by atoms with E-state index in [1.165, 1.54) is 38.5 Å². The van der Waals surface area contributed by atoms with E-state index < -0.39 is 0 Å². The largest absolute Gasteiger partial charge is 0.368 e. The monoisotopic (exact) mass is 526 g/mol. The predicted molar refractivity (Wildman–Crippen MR) is 131 cm³/mol. The van der Waals surface area contributed by atoms with E-state index in [4.69, 9.17) is 4.74 Å². The summed E-state index contributed by atoms with van der Waals surface area (Å²) < 4.78 is 5.47. The molecule has 6 nitrogen and oxygen atoms in total. The van der Waals surface area contributed by atoms with Crippen LogP contribution in [0.2, 0.25) is 0 Å². The molecule has 4 rings (SSSR count). The van der Waals surface area contributed by atoms with Gasteiger partial charge in [0.1, 0.15) is 6.10 Å². The Balaban J connectivity index is 0.00000256. The van der Waals surface area contributed by atoms with Gasteiger partial charge in [-0.1, -0.05) is 31.4 Å². The number of halogens is 1. The lowest BCUT2D eigenvalue weighted by Gasteiger charge is -2.33. The number of guanidine groups is 1. The van der Waals surface area contributed by atoms with Crippen molar-refractivity contribution in [2.45, 2.75) is 64.0 Å². The van der Waals surface area contributed by atoms with E-state index in [0.717, 1.165) is 43.1 Å². The zero-order valence-corrected chi connectivity index (χ0v) is 20.3. The molecular formula is C23H35IN4O2. The van der Waals surface area contributed by atoms with E-state index in [0.29, 0.717) is 18.6 Å². The number of carbonyl (C=O) groups is 1. The van der Waals surface area contributed by atoms with Crippen molar-refractivity contribution in [3.8, 4) is 0 Å². The van der Waals surface area contributed by atoms with Crippen LogP contribution in [-0.4, -0.2) is 49.6 Å². The topological polar surface area (TPSA) is 66.0 Å². The van der Waals surface area contributed by atoms with E-state index in [1.807, 2.05) is 25.2 Å². The van der Waals surface area contributed by atoms with Crippen molar-refractivity contribution in [1.29, 1.82) is 0 Å². The smallest absolute Gasteiger partial charge is 0.253 e. The maximum Gasteiger partial charge on any atom is 0.253 e. The number of nitrogens with zero attached hydrogens (tertiary/aromatic N) is 2. The highest BCUT2D eigenvalue weighted by Crippen LogP contribution is 2.43. The molecule has 1 unspecified atom stereocenters. The number of nitrogens with one attached hydrogen (secondary N) is 2. The molecule has 3 aliphatic rings. The van der Waals surface area contributed by atoms with Gasteiger partial charge in [-0.2, -0.15) is 0 Å². The fraction of sp³-hybridized carbons (Fsp3) is 0.652. The summed E-state index contributed by atoms with van der Waals surface area (Å²) in [5, 5.41) is 6.51. The summed E-state index contributed by atoms with van der Waals surface area (Å²) in [4.78, 5) is 19.2. The van der Waals surface area contributed by atoms with Gasteiger partial charge in [0.2, 0.25) is 0 Å². The van der Waals surface area contributed by atoms with Crippen molar-refractivity contribution in [3.63, 3.8) is 0 Å². The first-order valence-electron chi connectivity index (χ1n) is 11.1. The lowest BCUT2D eigenvalue weighted by atomic mass is 9.73. The van der Waals surface area contributed by atoms with Crippen LogP contribution in [0.5, 0.6) is 0 Å². The zero-order chi connectivity index (χ0) is 20.1. The van der Waals surface area contributed by atoms with Gasteiger partial charge in [-0.15, -0.1) is 24.0 Å². The summed E-state index contributed by atoms with van der Waals surface area (Å²) in [6, 6.07) is 8.02. The Morgan fingerprint density at radius 1 is 1.23 bits per heavy atom. The minimum Gasteiger partial charge on any atom is -0.368 e. The van der Waals surface area contributed by atoms with Crippen LogP contribution in [0, 0.1) is 5.41 Å². The van der Waals surface area contributed by atoms with Gasteiger partial charge >= 0.3 is 0 Å². The number of amides is 1. The second-order valence-corrected chi connectivity index (χ2v) is 8.82. The molecule has 7 heteroatoms. The second-order valence-electron chi connectivity index (χ2n) is 8.82. The summed E-state index contributed by atoms with van der Waals surface area (Å²) in [5.41, 5.74) is 2.47. The third-order valence-corrected chi connectivity index (χ3v) is 6.73. The minimum atomic E-state index is -0.308. The molecule has 1 spiro atoms. The first-order chi connectivity index (χ1) is 14.2. The Morgan fingerprint density at radius 2 is 2.07 bits per heavy atom. The standard InChI is InChI=1S/C23H34N4O2.HI/c1-24-22(27-13-12-23(17-27)10-3-2-4-11-23)25-16-18-7-5-8-19(15-18)26-21(28)20-9-6-14-29-20;/h5,7-8,15,20H,2-4,6,9-14,16-17H2,1H3,(H,24,25)(H,26,28);1H. The van der Waals surface area contributed by atoms with Gasteiger partial charge in [0.05, 0.1) is 0 Å². The molecule has 2 aliphatic heterocycles. The molecule has 2 N–H and O–H groups in total. The van der Waals surface area contributed by atoms with Gasteiger partial charge in [0.15, 0.2) is 5.96 Å². The van der Waals surface area contributed by atoms with E-state index in [2.05, 4.69) is 26.6 Å². The lowest BCUT2D eigenvalue weighted by Crippen LogP contribution is -2.41. The van der Waals surface area contributed by atoms with Crippen LogP contribution < -0.4 is 10.6 Å². The highest BCUT2D eigenvalue weighted by atomic mass is 127. The Kier molecular flexibility index (Phi) is 8.39. The second kappa shape index (κ2) is 10.8. The molecule has 30 heavy (non-hydrogen) atoms. The summed E-state index contributed by atoms with van der Waals surface area (Å²) in [7, 11) is 1.87. The van der Waals surface area contributed by atoms with Crippen LogP contribution in [-0.2, 0) is 16.1 Å². The van der Waals surface area contributed by atoms with Crippen molar-refractivity contribution in [2.75, 3.05) is 32.1 Å². The Morgan fingerprint density at radius 3 is 2.80 bits per heavy atom. The molecule has 1 atom stereocenters. The lowest BCUT2D eigenvalue weighted by molar-refractivity contribution is -0.124. The number of aliphatic imine (C=N–C) groups is 1. The number of benzene rings is 1. The van der Waals surface area contributed by atoms with Crippen molar-refractivity contribution in [1.82, 2.24) is 10.2 Å². The highest BCUT2D eigenvalue weighted by Gasteiger charge is 2.39. The number of anilines is 1. The van der Waals surface area contributed by atoms with Crippen molar-refractivity contribution in [2.24, 2.45) is 10.4 Å². The van der Waals surface area contributed by atoms with Gasteiger partial charge in [-0.3, -0.25) is 9.79 Å². The van der Waals surface area contributed by atoms with E-state index in [9.17, 15) is 4.79 Å². The average molecular weight is 526 g/mol. The van der Waals surface area contributed by atoms with Crippen LogP contribution in [0.4, 0.5) is 5.69 Å². The molecule has 166 valence electrons. The van der Waals surface area contributed by atoms with Gasteiger partial charge in [-0.25, -0.2) is 0 Å². The number of hydrogen-bond donors (Lipinski definition) is 2. The van der Waals surface area contributed by atoms with Crippen molar-refractivity contribution in [3.05, 3.63) is 29.8 Å². The summed E-state index contributed by atoms with van der Waals surface area (Å²) >= 11 is 0. The Labute approximate surface area is 197 Å². The molecule has 0 radical (unpaired) electrons.